The molecule has 1 aliphatic rings. The van der Waals surface area contributed by atoms with Gasteiger partial charge in [-0.05, 0) is 15.9 Å². The Morgan fingerprint density at radius 2 is 2.50 bits per heavy atom. The molecule has 0 bridgehead atoms. The van der Waals surface area contributed by atoms with Crippen molar-refractivity contribution in [2.24, 2.45) is 0 Å². The number of fused-ring (bicyclic) bond motifs is 1. The summed E-state index contributed by atoms with van der Waals surface area (Å²) >= 11 is 3.09. The summed E-state index contributed by atoms with van der Waals surface area (Å²) in [5.74, 6) is 0.486. The molecule has 0 radical (unpaired) electrons. The van der Waals surface area contributed by atoms with Crippen LogP contribution in [0.2, 0.25) is 0 Å². The van der Waals surface area contributed by atoms with E-state index in [1.165, 1.54) is 0 Å². The number of amides is 1. The maximum atomic E-state index is 10.9. The van der Waals surface area contributed by atoms with Gasteiger partial charge in [-0.15, -0.1) is 0 Å². The molecule has 0 spiro atoms. The van der Waals surface area contributed by atoms with Crippen LogP contribution in [0.25, 0.3) is 0 Å². The van der Waals surface area contributed by atoms with Crippen LogP contribution in [0, 0.1) is 0 Å². The fourth-order valence-electron chi connectivity index (χ4n) is 0.891. The second-order valence-corrected chi connectivity index (χ2v) is 2.71. The monoisotopic (exact) mass is 202 g/mol. The highest BCUT2D eigenvalue weighted by molar-refractivity contribution is 9.10. The Bertz CT molecular complexity index is 294. The van der Waals surface area contributed by atoms with E-state index in [9.17, 15) is 4.79 Å². The van der Waals surface area contributed by atoms with Crippen molar-refractivity contribution in [3.63, 3.8) is 0 Å². The molecule has 0 saturated heterocycles. The molecule has 1 aromatic rings. The Hall–Kier alpha value is -0.840. The Morgan fingerprint density at radius 1 is 1.70 bits per heavy atom. The van der Waals surface area contributed by atoms with Gasteiger partial charge in [-0.1, -0.05) is 5.16 Å². The number of aromatic nitrogens is 1. The van der Waals surface area contributed by atoms with Gasteiger partial charge in [0.15, 0.2) is 10.4 Å². The molecule has 0 aliphatic carbocycles. The molecular formula is C5H3BrN2O2. The van der Waals surface area contributed by atoms with Crippen LogP contribution in [0.3, 0.4) is 0 Å². The van der Waals surface area contributed by atoms with Crippen molar-refractivity contribution < 1.29 is 9.32 Å². The van der Waals surface area contributed by atoms with Crippen molar-refractivity contribution in [1.29, 1.82) is 0 Å². The van der Waals surface area contributed by atoms with Gasteiger partial charge >= 0.3 is 0 Å². The molecular weight excluding hydrogens is 200 g/mol. The van der Waals surface area contributed by atoms with E-state index in [4.69, 9.17) is 4.52 Å². The Balaban J connectivity index is 2.65. The highest BCUT2D eigenvalue weighted by Gasteiger charge is 2.26. The fourth-order valence-corrected chi connectivity index (χ4v) is 1.36. The van der Waals surface area contributed by atoms with Crippen molar-refractivity contribution in [1.82, 2.24) is 10.5 Å². The van der Waals surface area contributed by atoms with E-state index in [-0.39, 0.29) is 5.91 Å². The summed E-state index contributed by atoms with van der Waals surface area (Å²) in [6, 6.07) is 0. The molecule has 0 unspecified atom stereocenters. The Kier molecular flexibility index (Phi) is 1.08. The zero-order chi connectivity index (χ0) is 7.14. The first-order chi connectivity index (χ1) is 4.79. The van der Waals surface area contributed by atoms with E-state index in [2.05, 4.69) is 26.4 Å². The third kappa shape index (κ3) is 0.607. The first kappa shape index (κ1) is 5.91. The molecule has 2 rings (SSSR count). The van der Waals surface area contributed by atoms with Crippen molar-refractivity contribution in [3.05, 3.63) is 15.9 Å². The average molecular weight is 203 g/mol. The summed E-state index contributed by atoms with van der Waals surface area (Å²) in [5, 5.41) is 6.17. The SMILES string of the molecule is O=C1NCc2onc(Br)c21. The van der Waals surface area contributed by atoms with E-state index in [1.54, 1.807) is 0 Å². The van der Waals surface area contributed by atoms with Gasteiger partial charge in [0.25, 0.3) is 5.91 Å². The van der Waals surface area contributed by atoms with Gasteiger partial charge in [-0.25, -0.2) is 0 Å². The average Bonchev–Trinajstić information content (AvgIpc) is 2.40. The predicted octanol–water partition coefficient (Wildman–Crippen LogP) is 0.680. The molecule has 1 aromatic heterocycles. The molecule has 52 valence electrons. The highest BCUT2D eigenvalue weighted by Crippen LogP contribution is 2.23. The molecule has 0 aromatic carbocycles. The summed E-state index contributed by atoms with van der Waals surface area (Å²) in [5.41, 5.74) is 0.528. The molecule has 0 atom stereocenters. The minimum Gasteiger partial charge on any atom is -0.357 e. The van der Waals surface area contributed by atoms with Gasteiger partial charge in [-0.2, -0.15) is 0 Å². The lowest BCUT2D eigenvalue weighted by Gasteiger charge is -1.85. The van der Waals surface area contributed by atoms with E-state index in [0.29, 0.717) is 22.5 Å². The molecule has 4 nitrogen and oxygen atoms in total. The molecule has 1 aliphatic heterocycles. The molecule has 1 amide bonds. The molecule has 0 saturated carbocycles. The number of nitrogens with zero attached hydrogens (tertiary/aromatic N) is 1. The molecule has 2 heterocycles. The first-order valence-corrected chi connectivity index (χ1v) is 3.50. The van der Waals surface area contributed by atoms with Crippen LogP contribution in [-0.2, 0) is 6.54 Å². The minimum absolute atomic E-state index is 0.122. The molecule has 1 N–H and O–H groups in total. The summed E-state index contributed by atoms with van der Waals surface area (Å²) in [6.45, 7) is 0.451. The van der Waals surface area contributed by atoms with E-state index >= 15 is 0 Å². The Labute approximate surface area is 64.7 Å². The number of rotatable bonds is 0. The van der Waals surface area contributed by atoms with E-state index in [0.717, 1.165) is 0 Å². The van der Waals surface area contributed by atoms with Gasteiger partial charge < -0.3 is 9.84 Å². The quantitative estimate of drug-likeness (QED) is 0.674. The lowest BCUT2D eigenvalue weighted by molar-refractivity contribution is 0.0964. The second kappa shape index (κ2) is 1.82. The van der Waals surface area contributed by atoms with Gasteiger partial charge in [-0.3, -0.25) is 4.79 Å². The van der Waals surface area contributed by atoms with Crippen LogP contribution in [0.5, 0.6) is 0 Å². The maximum absolute atomic E-state index is 10.9. The van der Waals surface area contributed by atoms with Crippen LogP contribution >= 0.6 is 15.9 Å². The summed E-state index contributed by atoms with van der Waals surface area (Å²) in [4.78, 5) is 10.9. The fraction of sp³-hybridized carbons (Fsp3) is 0.200. The molecule has 5 heteroatoms. The number of halogens is 1. The van der Waals surface area contributed by atoms with Crippen molar-refractivity contribution in [3.8, 4) is 0 Å². The van der Waals surface area contributed by atoms with Crippen LogP contribution in [0.4, 0.5) is 0 Å². The minimum atomic E-state index is -0.122. The molecule has 10 heavy (non-hydrogen) atoms. The first-order valence-electron chi connectivity index (χ1n) is 2.71. The van der Waals surface area contributed by atoms with Crippen LogP contribution in [-0.4, -0.2) is 11.1 Å². The number of hydrogen-bond acceptors (Lipinski definition) is 3. The van der Waals surface area contributed by atoms with Gasteiger partial charge in [0, 0.05) is 0 Å². The van der Waals surface area contributed by atoms with Gasteiger partial charge in [0.05, 0.1) is 6.54 Å². The standard InChI is InChI=1S/C5H3BrN2O2/c6-4-3-2(10-8-4)1-7-5(3)9/h1H2,(H,7,9). The number of hydrogen-bond donors (Lipinski definition) is 1. The van der Waals surface area contributed by atoms with Crippen molar-refractivity contribution in [2.45, 2.75) is 6.54 Å². The third-order valence-electron chi connectivity index (χ3n) is 1.36. The smallest absolute Gasteiger partial charge is 0.258 e. The van der Waals surface area contributed by atoms with Crippen LogP contribution < -0.4 is 5.32 Å². The summed E-state index contributed by atoms with van der Waals surface area (Å²) in [6.07, 6.45) is 0. The Morgan fingerprint density at radius 3 is 3.20 bits per heavy atom. The number of carbonyl (C=O) groups excluding carboxylic acids is 1. The summed E-state index contributed by atoms with van der Waals surface area (Å²) in [7, 11) is 0. The topological polar surface area (TPSA) is 55.1 Å². The zero-order valence-corrected chi connectivity index (χ0v) is 6.43. The normalized spacial score (nSPS) is 15.1. The van der Waals surface area contributed by atoms with Gasteiger partial charge in [0.2, 0.25) is 0 Å². The summed E-state index contributed by atoms with van der Waals surface area (Å²) < 4.78 is 5.28. The maximum Gasteiger partial charge on any atom is 0.258 e. The van der Waals surface area contributed by atoms with Crippen LogP contribution in [0.1, 0.15) is 16.1 Å². The van der Waals surface area contributed by atoms with E-state index < -0.39 is 0 Å². The number of carbonyl (C=O) groups is 1. The lowest BCUT2D eigenvalue weighted by atomic mass is 10.3. The second-order valence-electron chi connectivity index (χ2n) is 1.95. The van der Waals surface area contributed by atoms with Gasteiger partial charge in [0.1, 0.15) is 5.56 Å². The zero-order valence-electron chi connectivity index (χ0n) is 4.85. The van der Waals surface area contributed by atoms with Crippen molar-refractivity contribution in [2.75, 3.05) is 0 Å². The molecule has 0 fully saturated rings. The third-order valence-corrected chi connectivity index (χ3v) is 1.90. The van der Waals surface area contributed by atoms with E-state index in [1.807, 2.05) is 0 Å². The highest BCUT2D eigenvalue weighted by atomic mass is 79.9. The number of nitrogens with one attached hydrogen (secondary N) is 1. The van der Waals surface area contributed by atoms with Crippen LogP contribution in [0.15, 0.2) is 9.13 Å². The predicted molar refractivity (Wildman–Crippen MR) is 35.4 cm³/mol. The lowest BCUT2D eigenvalue weighted by Crippen LogP contribution is -2.13. The largest absolute Gasteiger partial charge is 0.357 e. The van der Waals surface area contributed by atoms with Crippen molar-refractivity contribution >= 4 is 21.8 Å².